The molecule has 0 spiro atoms. The van der Waals surface area contributed by atoms with E-state index in [4.69, 9.17) is 5.73 Å². The van der Waals surface area contributed by atoms with Crippen LogP contribution in [0.5, 0.6) is 0 Å². The molecule has 1 aliphatic rings. The second-order valence-electron chi connectivity index (χ2n) is 3.84. The molecule has 1 aromatic carbocycles. The molecule has 0 atom stereocenters. The van der Waals surface area contributed by atoms with Gasteiger partial charge in [-0.25, -0.2) is 8.78 Å². The van der Waals surface area contributed by atoms with Gasteiger partial charge in [-0.15, -0.1) is 0 Å². The van der Waals surface area contributed by atoms with Crippen molar-refractivity contribution >= 4 is 11.4 Å². The number of hydrogen-bond donors (Lipinski definition) is 1. The third-order valence-corrected chi connectivity index (χ3v) is 2.47. The van der Waals surface area contributed by atoms with Crippen molar-refractivity contribution in [1.29, 1.82) is 0 Å². The van der Waals surface area contributed by atoms with Crippen LogP contribution in [0.25, 0.3) is 0 Å². The van der Waals surface area contributed by atoms with Crippen LogP contribution in [0, 0.1) is 17.6 Å². The van der Waals surface area contributed by atoms with Crippen LogP contribution < -0.4 is 10.6 Å². The highest BCUT2D eigenvalue weighted by Crippen LogP contribution is 2.29. The summed E-state index contributed by atoms with van der Waals surface area (Å²) in [6, 6.07) is 2.20. The average Bonchev–Trinajstić information content (AvgIpc) is 2.07. The van der Waals surface area contributed by atoms with Crippen LogP contribution in [0.15, 0.2) is 12.1 Å². The Morgan fingerprint density at radius 3 is 2.50 bits per heavy atom. The molecular weight excluding hydrogens is 186 g/mol. The summed E-state index contributed by atoms with van der Waals surface area (Å²) in [5.41, 5.74) is 5.78. The normalized spacial score (nSPS) is 16.9. The zero-order valence-corrected chi connectivity index (χ0v) is 7.93. The Balaban J connectivity index is 2.30. The van der Waals surface area contributed by atoms with E-state index in [9.17, 15) is 8.78 Å². The first-order valence-electron chi connectivity index (χ1n) is 4.57. The number of benzene rings is 1. The van der Waals surface area contributed by atoms with Crippen molar-refractivity contribution in [3.63, 3.8) is 0 Å². The lowest BCUT2D eigenvalue weighted by molar-refractivity contribution is 0.438. The molecule has 1 saturated heterocycles. The molecule has 2 rings (SSSR count). The van der Waals surface area contributed by atoms with Gasteiger partial charge in [0.25, 0.3) is 0 Å². The van der Waals surface area contributed by atoms with Gasteiger partial charge < -0.3 is 10.6 Å². The number of anilines is 2. The van der Waals surface area contributed by atoms with Crippen molar-refractivity contribution in [3.8, 4) is 0 Å². The molecule has 2 nitrogen and oxygen atoms in total. The van der Waals surface area contributed by atoms with Crippen LogP contribution in [0.2, 0.25) is 0 Å². The summed E-state index contributed by atoms with van der Waals surface area (Å²) in [5, 5.41) is 0. The topological polar surface area (TPSA) is 29.3 Å². The van der Waals surface area contributed by atoms with Gasteiger partial charge in [-0.05, 0) is 12.0 Å². The Labute approximate surface area is 81.3 Å². The van der Waals surface area contributed by atoms with Crippen LogP contribution in [0.4, 0.5) is 20.2 Å². The Hall–Kier alpha value is -1.32. The largest absolute Gasteiger partial charge is 0.396 e. The Morgan fingerprint density at radius 2 is 1.93 bits per heavy atom. The summed E-state index contributed by atoms with van der Waals surface area (Å²) in [4.78, 5) is 1.86. The number of rotatable bonds is 1. The highest BCUT2D eigenvalue weighted by atomic mass is 19.1. The minimum atomic E-state index is -0.695. The maximum absolute atomic E-state index is 13.3. The van der Waals surface area contributed by atoms with Gasteiger partial charge in [-0.3, -0.25) is 0 Å². The van der Waals surface area contributed by atoms with Gasteiger partial charge in [0.2, 0.25) is 0 Å². The number of nitrogens with zero attached hydrogens (tertiary/aromatic N) is 1. The van der Waals surface area contributed by atoms with Gasteiger partial charge in [0, 0.05) is 19.2 Å². The van der Waals surface area contributed by atoms with Crippen molar-refractivity contribution in [2.75, 3.05) is 23.7 Å². The lowest BCUT2D eigenvalue weighted by Gasteiger charge is -2.39. The summed E-state index contributed by atoms with van der Waals surface area (Å²) < 4.78 is 26.1. The molecule has 0 radical (unpaired) electrons. The van der Waals surface area contributed by atoms with E-state index in [0.717, 1.165) is 19.2 Å². The lowest BCUT2D eigenvalue weighted by atomic mass is 10.0. The predicted molar refractivity (Wildman–Crippen MR) is 52.1 cm³/mol. The zero-order chi connectivity index (χ0) is 10.3. The van der Waals surface area contributed by atoms with E-state index in [2.05, 4.69) is 6.92 Å². The minimum Gasteiger partial charge on any atom is -0.396 e. The molecule has 0 bridgehead atoms. The average molecular weight is 198 g/mol. The summed E-state index contributed by atoms with van der Waals surface area (Å²) in [5.74, 6) is -0.663. The molecule has 2 N–H and O–H groups in total. The highest BCUT2D eigenvalue weighted by molar-refractivity contribution is 5.59. The highest BCUT2D eigenvalue weighted by Gasteiger charge is 2.25. The second kappa shape index (κ2) is 3.12. The molecule has 14 heavy (non-hydrogen) atoms. The van der Waals surface area contributed by atoms with Crippen molar-refractivity contribution in [3.05, 3.63) is 23.8 Å². The van der Waals surface area contributed by atoms with Crippen molar-refractivity contribution < 1.29 is 8.78 Å². The zero-order valence-electron chi connectivity index (χ0n) is 7.93. The molecular formula is C10H12F2N2. The molecule has 1 heterocycles. The SMILES string of the molecule is CC1CN(c2cc(N)c(F)cc2F)C1. The minimum absolute atomic E-state index is 0.000882. The third kappa shape index (κ3) is 1.41. The number of nitrogen functional groups attached to an aromatic ring is 1. The molecule has 0 unspecified atom stereocenters. The summed E-state index contributed by atoms with van der Waals surface area (Å²) in [7, 11) is 0. The van der Waals surface area contributed by atoms with E-state index >= 15 is 0 Å². The molecule has 0 amide bonds. The molecule has 1 fully saturated rings. The number of hydrogen-bond acceptors (Lipinski definition) is 2. The smallest absolute Gasteiger partial charge is 0.149 e. The van der Waals surface area contributed by atoms with E-state index < -0.39 is 11.6 Å². The summed E-state index contributed by atoms with van der Waals surface area (Å²) in [6.45, 7) is 3.70. The van der Waals surface area contributed by atoms with Crippen LogP contribution in [0.1, 0.15) is 6.92 Å². The molecule has 1 aromatic rings. The summed E-state index contributed by atoms with van der Waals surface area (Å²) in [6.07, 6.45) is 0. The fraction of sp³-hybridized carbons (Fsp3) is 0.400. The van der Waals surface area contributed by atoms with E-state index in [1.165, 1.54) is 6.07 Å². The van der Waals surface area contributed by atoms with E-state index in [-0.39, 0.29) is 5.69 Å². The third-order valence-electron chi connectivity index (χ3n) is 2.47. The van der Waals surface area contributed by atoms with Gasteiger partial charge in [0.05, 0.1) is 11.4 Å². The van der Waals surface area contributed by atoms with E-state index in [1.807, 2.05) is 4.90 Å². The van der Waals surface area contributed by atoms with Crippen LogP contribution in [-0.2, 0) is 0 Å². The second-order valence-corrected chi connectivity index (χ2v) is 3.84. The number of nitrogens with two attached hydrogens (primary N) is 1. The van der Waals surface area contributed by atoms with Crippen molar-refractivity contribution in [1.82, 2.24) is 0 Å². The molecule has 4 heteroatoms. The van der Waals surface area contributed by atoms with Gasteiger partial charge in [0.15, 0.2) is 0 Å². The monoisotopic (exact) mass is 198 g/mol. The Kier molecular flexibility index (Phi) is 2.06. The van der Waals surface area contributed by atoms with Gasteiger partial charge >= 0.3 is 0 Å². The molecule has 0 saturated carbocycles. The van der Waals surface area contributed by atoms with Gasteiger partial charge in [-0.2, -0.15) is 0 Å². The molecule has 1 aliphatic heterocycles. The van der Waals surface area contributed by atoms with Crippen molar-refractivity contribution in [2.45, 2.75) is 6.92 Å². The van der Waals surface area contributed by atoms with Gasteiger partial charge in [-0.1, -0.05) is 6.92 Å². The van der Waals surface area contributed by atoms with Crippen LogP contribution >= 0.6 is 0 Å². The number of halogens is 2. The van der Waals surface area contributed by atoms with Crippen LogP contribution in [0.3, 0.4) is 0 Å². The quantitative estimate of drug-likeness (QED) is 0.699. The maximum atomic E-state index is 13.3. The maximum Gasteiger partial charge on any atom is 0.149 e. The predicted octanol–water partition coefficient (Wildman–Crippen LogP) is 2.00. The first kappa shape index (κ1) is 9.24. The fourth-order valence-corrected chi connectivity index (χ4v) is 1.69. The molecule has 76 valence electrons. The van der Waals surface area contributed by atoms with E-state index in [0.29, 0.717) is 11.6 Å². The van der Waals surface area contributed by atoms with Crippen LogP contribution in [-0.4, -0.2) is 13.1 Å². The van der Waals surface area contributed by atoms with E-state index in [1.54, 1.807) is 0 Å². The Morgan fingerprint density at radius 1 is 1.29 bits per heavy atom. The summed E-state index contributed by atoms with van der Waals surface area (Å²) >= 11 is 0. The molecule has 0 aromatic heterocycles. The lowest BCUT2D eigenvalue weighted by Crippen LogP contribution is -2.45. The first-order chi connectivity index (χ1) is 6.58. The van der Waals surface area contributed by atoms with Crippen molar-refractivity contribution in [2.24, 2.45) is 5.92 Å². The molecule has 0 aliphatic carbocycles. The van der Waals surface area contributed by atoms with Gasteiger partial charge in [0.1, 0.15) is 11.6 Å². The Bertz CT molecular complexity index is 359. The fourth-order valence-electron chi connectivity index (χ4n) is 1.69. The first-order valence-corrected chi connectivity index (χ1v) is 4.57. The standard InChI is InChI=1S/C10H12F2N2/c1-6-4-14(5-6)10-3-9(13)7(11)2-8(10)12/h2-3,6H,4-5,13H2,1H3.